The number of phenolic OH excluding ortho intramolecular Hbond substituents is 2. The molecule has 18 heavy (non-hydrogen) atoms. The Morgan fingerprint density at radius 3 is 2.50 bits per heavy atom. The van der Waals surface area contributed by atoms with E-state index in [0.717, 1.165) is 5.56 Å². The molecule has 0 aliphatic carbocycles. The fourth-order valence-electron chi connectivity index (χ4n) is 1.71. The van der Waals surface area contributed by atoms with Crippen molar-refractivity contribution in [2.75, 3.05) is 0 Å². The highest BCUT2D eigenvalue weighted by Crippen LogP contribution is 2.26. The average Bonchev–Trinajstić information content (AvgIpc) is 2.40. The van der Waals surface area contributed by atoms with E-state index in [2.05, 4.69) is 15.9 Å². The molecule has 0 saturated heterocycles. The van der Waals surface area contributed by atoms with E-state index < -0.39 is 0 Å². The first-order chi connectivity index (χ1) is 8.63. The van der Waals surface area contributed by atoms with E-state index in [1.54, 1.807) is 12.1 Å². The number of phenols is 2. The van der Waals surface area contributed by atoms with Crippen LogP contribution in [-0.2, 0) is 5.33 Å². The van der Waals surface area contributed by atoms with Gasteiger partial charge in [0.2, 0.25) is 0 Å². The fourth-order valence-corrected chi connectivity index (χ4v) is 2.20. The number of aromatic hydroxyl groups is 2. The van der Waals surface area contributed by atoms with Crippen molar-refractivity contribution in [3.63, 3.8) is 0 Å². The van der Waals surface area contributed by atoms with Gasteiger partial charge >= 0.3 is 0 Å². The number of carbonyl (C=O) groups is 1. The normalized spacial score (nSPS) is 10.3. The number of benzene rings is 2. The van der Waals surface area contributed by atoms with Gasteiger partial charge in [0.25, 0.3) is 0 Å². The fraction of sp³-hybridized carbons (Fsp3) is 0.0714. The molecule has 0 atom stereocenters. The van der Waals surface area contributed by atoms with E-state index in [1.807, 2.05) is 12.1 Å². The van der Waals surface area contributed by atoms with Gasteiger partial charge in [0.15, 0.2) is 5.78 Å². The van der Waals surface area contributed by atoms with Crippen molar-refractivity contribution in [3.8, 4) is 11.5 Å². The maximum Gasteiger partial charge on any atom is 0.197 e. The second kappa shape index (κ2) is 5.23. The lowest BCUT2D eigenvalue weighted by Gasteiger charge is -2.08. The van der Waals surface area contributed by atoms with Crippen molar-refractivity contribution in [3.05, 3.63) is 59.2 Å². The molecule has 2 rings (SSSR count). The summed E-state index contributed by atoms with van der Waals surface area (Å²) in [5.41, 5.74) is 1.45. The maximum absolute atomic E-state index is 12.3. The summed E-state index contributed by atoms with van der Waals surface area (Å²) in [6.07, 6.45) is 0. The van der Waals surface area contributed by atoms with Crippen molar-refractivity contribution >= 4 is 21.7 Å². The summed E-state index contributed by atoms with van der Waals surface area (Å²) in [5.74, 6) is -0.493. The lowest BCUT2D eigenvalue weighted by Crippen LogP contribution is -2.04. The minimum absolute atomic E-state index is 0.0486. The predicted octanol–water partition coefficient (Wildman–Crippen LogP) is 3.22. The number of hydrogen-bond acceptors (Lipinski definition) is 3. The molecule has 0 fully saturated rings. The molecular formula is C14H11BrO3. The second-order valence-corrected chi connectivity index (χ2v) is 4.38. The molecule has 0 amide bonds. The Kier molecular flexibility index (Phi) is 3.67. The first kappa shape index (κ1) is 12.6. The first-order valence-corrected chi connectivity index (χ1v) is 6.46. The average molecular weight is 307 g/mol. The van der Waals surface area contributed by atoms with Crippen LogP contribution in [-0.4, -0.2) is 16.0 Å². The van der Waals surface area contributed by atoms with Gasteiger partial charge in [0.05, 0.1) is 5.56 Å². The van der Waals surface area contributed by atoms with Crippen LogP contribution in [0.1, 0.15) is 21.5 Å². The summed E-state index contributed by atoms with van der Waals surface area (Å²) in [4.78, 5) is 12.3. The molecule has 0 aliphatic heterocycles. The van der Waals surface area contributed by atoms with Gasteiger partial charge in [0.1, 0.15) is 11.5 Å². The lowest BCUT2D eigenvalue weighted by atomic mass is 9.98. The van der Waals surface area contributed by atoms with Gasteiger partial charge in [-0.05, 0) is 23.8 Å². The van der Waals surface area contributed by atoms with Crippen molar-refractivity contribution in [1.82, 2.24) is 0 Å². The standard InChI is InChI=1S/C14H11BrO3/c15-8-9-3-1-2-4-11(9)14(18)12-7-10(16)5-6-13(12)17/h1-7,16-17H,8H2. The minimum atomic E-state index is -0.307. The molecule has 0 bridgehead atoms. The number of carbonyl (C=O) groups excluding carboxylic acids is 1. The molecule has 0 heterocycles. The number of hydrogen-bond donors (Lipinski definition) is 2. The zero-order valence-corrected chi connectivity index (χ0v) is 11.0. The van der Waals surface area contributed by atoms with Gasteiger partial charge in [0, 0.05) is 10.9 Å². The molecule has 0 saturated carbocycles. The van der Waals surface area contributed by atoms with E-state index >= 15 is 0 Å². The topological polar surface area (TPSA) is 57.5 Å². The molecule has 0 spiro atoms. The molecule has 0 radical (unpaired) electrons. The molecule has 3 nitrogen and oxygen atoms in total. The Balaban J connectivity index is 2.51. The predicted molar refractivity (Wildman–Crippen MR) is 72.3 cm³/mol. The van der Waals surface area contributed by atoms with Crippen molar-refractivity contribution in [2.24, 2.45) is 0 Å². The third kappa shape index (κ3) is 2.38. The Bertz CT molecular complexity index is 593. The van der Waals surface area contributed by atoms with Gasteiger partial charge in [-0.3, -0.25) is 4.79 Å². The van der Waals surface area contributed by atoms with Gasteiger partial charge in [-0.15, -0.1) is 0 Å². The molecule has 0 aliphatic rings. The molecule has 2 aromatic carbocycles. The Hall–Kier alpha value is -1.81. The smallest absolute Gasteiger partial charge is 0.197 e. The van der Waals surface area contributed by atoms with Gasteiger partial charge in [-0.1, -0.05) is 40.2 Å². The minimum Gasteiger partial charge on any atom is -0.508 e. The second-order valence-electron chi connectivity index (χ2n) is 3.82. The molecule has 92 valence electrons. The molecule has 4 heteroatoms. The van der Waals surface area contributed by atoms with E-state index in [4.69, 9.17) is 0 Å². The van der Waals surface area contributed by atoms with Crippen LogP contribution in [0.15, 0.2) is 42.5 Å². The van der Waals surface area contributed by atoms with Crippen LogP contribution in [0.5, 0.6) is 11.5 Å². The van der Waals surface area contributed by atoms with Crippen molar-refractivity contribution in [1.29, 1.82) is 0 Å². The highest BCUT2D eigenvalue weighted by molar-refractivity contribution is 9.08. The third-order valence-corrected chi connectivity index (χ3v) is 3.23. The van der Waals surface area contributed by atoms with Crippen LogP contribution in [0.4, 0.5) is 0 Å². The summed E-state index contributed by atoms with van der Waals surface area (Å²) in [6.45, 7) is 0. The van der Waals surface area contributed by atoms with Gasteiger partial charge < -0.3 is 10.2 Å². The Morgan fingerprint density at radius 1 is 1.06 bits per heavy atom. The van der Waals surface area contributed by atoms with Crippen LogP contribution in [0.25, 0.3) is 0 Å². The van der Waals surface area contributed by atoms with Crippen LogP contribution in [0, 0.1) is 0 Å². The third-order valence-electron chi connectivity index (χ3n) is 2.63. The largest absolute Gasteiger partial charge is 0.508 e. The van der Waals surface area contributed by atoms with Crippen LogP contribution in [0.3, 0.4) is 0 Å². The molecule has 2 N–H and O–H groups in total. The highest BCUT2D eigenvalue weighted by atomic mass is 79.9. The molecule has 0 aromatic heterocycles. The SMILES string of the molecule is O=C(c1cc(O)ccc1O)c1ccccc1CBr. The number of rotatable bonds is 3. The Labute approximate surface area is 113 Å². The zero-order chi connectivity index (χ0) is 13.1. The summed E-state index contributed by atoms with van der Waals surface area (Å²) in [6, 6.07) is 11.0. The Morgan fingerprint density at radius 2 is 1.78 bits per heavy atom. The van der Waals surface area contributed by atoms with Crippen LogP contribution >= 0.6 is 15.9 Å². The molecule has 0 unspecified atom stereocenters. The van der Waals surface area contributed by atoms with E-state index in [9.17, 15) is 15.0 Å². The summed E-state index contributed by atoms with van der Waals surface area (Å²) in [7, 11) is 0. The van der Waals surface area contributed by atoms with E-state index in [-0.39, 0.29) is 22.8 Å². The summed E-state index contributed by atoms with van der Waals surface area (Å²) >= 11 is 3.32. The number of ketones is 1. The monoisotopic (exact) mass is 306 g/mol. The molecular weight excluding hydrogens is 296 g/mol. The van der Waals surface area contributed by atoms with Crippen molar-refractivity contribution in [2.45, 2.75) is 5.33 Å². The highest BCUT2D eigenvalue weighted by Gasteiger charge is 2.16. The lowest BCUT2D eigenvalue weighted by molar-refractivity contribution is 0.103. The zero-order valence-electron chi connectivity index (χ0n) is 9.43. The summed E-state index contributed by atoms with van der Waals surface area (Å²) < 4.78 is 0. The van der Waals surface area contributed by atoms with E-state index in [1.165, 1.54) is 18.2 Å². The number of alkyl halides is 1. The first-order valence-electron chi connectivity index (χ1n) is 5.34. The van der Waals surface area contributed by atoms with Crippen LogP contribution in [0.2, 0.25) is 0 Å². The maximum atomic E-state index is 12.3. The van der Waals surface area contributed by atoms with E-state index in [0.29, 0.717) is 10.9 Å². The summed E-state index contributed by atoms with van der Waals surface area (Å²) in [5, 5.41) is 19.6. The van der Waals surface area contributed by atoms with Gasteiger partial charge in [-0.25, -0.2) is 0 Å². The van der Waals surface area contributed by atoms with Crippen LogP contribution < -0.4 is 0 Å². The van der Waals surface area contributed by atoms with Gasteiger partial charge in [-0.2, -0.15) is 0 Å². The quantitative estimate of drug-likeness (QED) is 0.520. The number of halogens is 1. The molecule has 2 aromatic rings. The van der Waals surface area contributed by atoms with Crippen molar-refractivity contribution < 1.29 is 15.0 Å².